The number of hydrogen-bond acceptors (Lipinski definition) is 6. The van der Waals surface area contributed by atoms with Crippen LogP contribution < -0.4 is 5.32 Å². The fraction of sp³-hybridized carbons (Fsp3) is 0.619. The summed E-state index contributed by atoms with van der Waals surface area (Å²) in [4.78, 5) is 16.6. The molecule has 0 aliphatic heterocycles. The zero-order valence-corrected chi connectivity index (χ0v) is 17.1. The van der Waals surface area contributed by atoms with Crippen LogP contribution in [0.5, 0.6) is 0 Å². The lowest BCUT2D eigenvalue weighted by molar-refractivity contribution is -0.146. The molecule has 27 heavy (non-hydrogen) atoms. The van der Waals surface area contributed by atoms with Gasteiger partial charge in [-0.2, -0.15) is 0 Å². The van der Waals surface area contributed by atoms with E-state index in [0.29, 0.717) is 18.7 Å². The molecule has 152 valence electrons. The number of rotatable bonds is 12. The van der Waals surface area contributed by atoms with Crippen molar-refractivity contribution in [2.45, 2.75) is 52.4 Å². The van der Waals surface area contributed by atoms with Crippen LogP contribution >= 0.6 is 0 Å². The van der Waals surface area contributed by atoms with E-state index in [0.717, 1.165) is 50.0 Å². The molecule has 0 saturated carbocycles. The second-order valence-corrected chi connectivity index (χ2v) is 6.63. The van der Waals surface area contributed by atoms with Gasteiger partial charge in [-0.1, -0.05) is 31.6 Å². The van der Waals surface area contributed by atoms with E-state index in [-0.39, 0.29) is 17.8 Å². The van der Waals surface area contributed by atoms with E-state index in [1.807, 2.05) is 32.1 Å². The molecule has 1 rings (SSSR count). The number of nitrogens with one attached hydrogen (secondary N) is 1. The van der Waals surface area contributed by atoms with Gasteiger partial charge in [-0.3, -0.25) is 9.79 Å². The van der Waals surface area contributed by atoms with Gasteiger partial charge in [0.2, 0.25) is 5.88 Å². The number of aliphatic hydroxyl groups excluding tert-OH is 1. The molecule has 0 fully saturated rings. The average Bonchev–Trinajstić information content (AvgIpc) is 2.69. The maximum absolute atomic E-state index is 12.0. The Morgan fingerprint density at radius 2 is 2.11 bits per heavy atom. The van der Waals surface area contributed by atoms with Crippen molar-refractivity contribution in [1.29, 1.82) is 0 Å². The molecule has 0 radical (unpaired) electrons. The lowest BCUT2D eigenvalue weighted by Crippen LogP contribution is -2.18. The standard InChI is InChI=1S/C21H34N2O4/c1-5-14-27-21(25)18-12-10-17(11-13-18)19(20(24)22-3)23-16(2)9-7-6-8-15-26-4/h10-12,18,22,24H,5-9,13-15H2,1-4H3/b20-19+,23-16?. The highest BCUT2D eigenvalue weighted by atomic mass is 16.5. The zero-order chi connectivity index (χ0) is 20.1. The first-order valence-corrected chi connectivity index (χ1v) is 9.72. The molecule has 0 aromatic heterocycles. The minimum Gasteiger partial charge on any atom is -0.493 e. The Labute approximate surface area is 163 Å². The molecular weight excluding hydrogens is 344 g/mol. The quantitative estimate of drug-likeness (QED) is 0.232. The summed E-state index contributed by atoms with van der Waals surface area (Å²) >= 11 is 0. The average molecular weight is 379 g/mol. The van der Waals surface area contributed by atoms with E-state index >= 15 is 0 Å². The van der Waals surface area contributed by atoms with Crippen LogP contribution in [0, 0.1) is 5.92 Å². The largest absolute Gasteiger partial charge is 0.493 e. The van der Waals surface area contributed by atoms with E-state index < -0.39 is 0 Å². The van der Waals surface area contributed by atoms with Gasteiger partial charge in [0.15, 0.2) is 0 Å². The van der Waals surface area contributed by atoms with Crippen LogP contribution in [0.25, 0.3) is 0 Å². The molecule has 1 unspecified atom stereocenters. The molecule has 6 nitrogen and oxygen atoms in total. The Morgan fingerprint density at radius 1 is 1.33 bits per heavy atom. The molecule has 0 bridgehead atoms. The molecule has 0 saturated heterocycles. The Kier molecular flexibility index (Phi) is 11.2. The van der Waals surface area contributed by atoms with Crippen molar-refractivity contribution in [1.82, 2.24) is 5.32 Å². The number of carbonyl (C=O) groups is 1. The number of methoxy groups -OCH3 is 1. The Balaban J connectivity index is 2.74. The predicted molar refractivity (Wildman–Crippen MR) is 109 cm³/mol. The topological polar surface area (TPSA) is 80.2 Å². The molecular formula is C21H34N2O4. The van der Waals surface area contributed by atoms with Crippen molar-refractivity contribution in [3.8, 4) is 0 Å². The highest BCUT2D eigenvalue weighted by Crippen LogP contribution is 2.25. The minimum absolute atomic E-state index is 0.0247. The molecule has 0 aromatic rings. The lowest BCUT2D eigenvalue weighted by Gasteiger charge is -2.16. The SMILES string of the molecule is CCCOC(=O)C1C=CC(/C(N=C(C)CCCCCOC)=C(\O)NC)=CC1. The third kappa shape index (κ3) is 8.43. The van der Waals surface area contributed by atoms with Crippen LogP contribution in [0.1, 0.15) is 52.4 Å². The summed E-state index contributed by atoms with van der Waals surface area (Å²) in [6.07, 6.45) is 11.0. The Hall–Kier alpha value is -2.08. The van der Waals surface area contributed by atoms with Gasteiger partial charge < -0.3 is 19.9 Å². The molecule has 0 spiro atoms. The van der Waals surface area contributed by atoms with E-state index in [9.17, 15) is 9.90 Å². The van der Waals surface area contributed by atoms with Crippen LogP contribution in [0.4, 0.5) is 0 Å². The molecule has 0 heterocycles. The van der Waals surface area contributed by atoms with E-state index in [1.165, 1.54) is 0 Å². The van der Waals surface area contributed by atoms with Crippen molar-refractivity contribution in [3.05, 3.63) is 35.4 Å². The summed E-state index contributed by atoms with van der Waals surface area (Å²) in [5.41, 5.74) is 2.27. The summed E-state index contributed by atoms with van der Waals surface area (Å²) in [6, 6.07) is 0. The van der Waals surface area contributed by atoms with Gasteiger partial charge >= 0.3 is 5.97 Å². The number of aliphatic imine (C=N–C) groups is 1. The molecule has 1 atom stereocenters. The van der Waals surface area contributed by atoms with Gasteiger partial charge in [0.25, 0.3) is 0 Å². The molecule has 1 aliphatic rings. The Morgan fingerprint density at radius 3 is 2.70 bits per heavy atom. The Bertz CT molecular complexity index is 591. The molecule has 2 N–H and O–H groups in total. The molecule has 0 amide bonds. The number of nitrogens with zero attached hydrogens (tertiary/aromatic N) is 1. The number of unbranched alkanes of at least 4 members (excludes halogenated alkanes) is 2. The van der Waals surface area contributed by atoms with E-state index in [2.05, 4.69) is 10.3 Å². The maximum atomic E-state index is 12.0. The summed E-state index contributed by atoms with van der Waals surface area (Å²) in [5, 5.41) is 13.0. The summed E-state index contributed by atoms with van der Waals surface area (Å²) < 4.78 is 10.3. The summed E-state index contributed by atoms with van der Waals surface area (Å²) in [6.45, 7) is 5.16. The van der Waals surface area contributed by atoms with Crippen LogP contribution in [-0.2, 0) is 14.3 Å². The smallest absolute Gasteiger partial charge is 0.313 e. The van der Waals surface area contributed by atoms with Gasteiger partial charge in [-0.05, 0) is 39.0 Å². The van der Waals surface area contributed by atoms with Crippen LogP contribution in [-0.4, -0.2) is 44.2 Å². The minimum atomic E-state index is -0.274. The number of ether oxygens (including phenoxy) is 2. The molecule has 6 heteroatoms. The van der Waals surface area contributed by atoms with Crippen molar-refractivity contribution in [3.63, 3.8) is 0 Å². The monoisotopic (exact) mass is 378 g/mol. The first-order chi connectivity index (χ1) is 13.0. The van der Waals surface area contributed by atoms with Crippen LogP contribution in [0.3, 0.4) is 0 Å². The van der Waals surface area contributed by atoms with Gasteiger partial charge in [-0.25, -0.2) is 0 Å². The first-order valence-electron chi connectivity index (χ1n) is 9.72. The number of allylic oxidation sites excluding steroid dienone is 2. The zero-order valence-electron chi connectivity index (χ0n) is 17.1. The fourth-order valence-electron chi connectivity index (χ4n) is 2.70. The third-order valence-corrected chi connectivity index (χ3v) is 4.28. The lowest BCUT2D eigenvalue weighted by atomic mass is 9.95. The van der Waals surface area contributed by atoms with Crippen molar-refractivity contribution in [2.24, 2.45) is 10.9 Å². The highest BCUT2D eigenvalue weighted by Gasteiger charge is 2.20. The van der Waals surface area contributed by atoms with Crippen molar-refractivity contribution in [2.75, 3.05) is 27.4 Å². The van der Waals surface area contributed by atoms with E-state index in [1.54, 1.807) is 14.2 Å². The third-order valence-electron chi connectivity index (χ3n) is 4.28. The first kappa shape index (κ1) is 23.0. The number of esters is 1. The number of aliphatic hydroxyl groups is 1. The number of carbonyl (C=O) groups excluding carboxylic acids is 1. The second kappa shape index (κ2) is 13.1. The van der Waals surface area contributed by atoms with Gasteiger partial charge in [0.1, 0.15) is 5.70 Å². The van der Waals surface area contributed by atoms with Crippen molar-refractivity contribution < 1.29 is 19.4 Å². The summed E-state index contributed by atoms with van der Waals surface area (Å²) in [5.74, 6) is -0.455. The summed E-state index contributed by atoms with van der Waals surface area (Å²) in [7, 11) is 3.37. The van der Waals surface area contributed by atoms with Crippen molar-refractivity contribution >= 4 is 11.7 Å². The normalized spacial score (nSPS) is 18.0. The van der Waals surface area contributed by atoms with Gasteiger partial charge in [0, 0.05) is 32.0 Å². The molecule has 1 aliphatic carbocycles. The van der Waals surface area contributed by atoms with Crippen LogP contribution in [0.2, 0.25) is 0 Å². The maximum Gasteiger partial charge on any atom is 0.313 e. The van der Waals surface area contributed by atoms with E-state index in [4.69, 9.17) is 9.47 Å². The second-order valence-electron chi connectivity index (χ2n) is 6.63. The predicted octanol–water partition coefficient (Wildman–Crippen LogP) is 4.06. The van der Waals surface area contributed by atoms with Crippen LogP contribution in [0.15, 0.2) is 40.4 Å². The highest BCUT2D eigenvalue weighted by molar-refractivity contribution is 5.83. The molecule has 0 aromatic carbocycles. The van der Waals surface area contributed by atoms with Gasteiger partial charge in [-0.15, -0.1) is 0 Å². The fourth-order valence-corrected chi connectivity index (χ4v) is 2.70. The number of hydrogen-bond donors (Lipinski definition) is 2. The van der Waals surface area contributed by atoms with Gasteiger partial charge in [0.05, 0.1) is 12.5 Å².